The summed E-state index contributed by atoms with van der Waals surface area (Å²) in [6, 6.07) is 9.25. The molecular weight excluding hydrogens is 543 g/mol. The van der Waals surface area contributed by atoms with Crippen LogP contribution in [0.3, 0.4) is 0 Å². The summed E-state index contributed by atoms with van der Waals surface area (Å²) in [5.74, 6) is 0.337. The van der Waals surface area contributed by atoms with E-state index in [1.807, 2.05) is 6.07 Å². The largest absolute Gasteiger partial charge is 0.508 e. The van der Waals surface area contributed by atoms with Crippen molar-refractivity contribution < 1.29 is 14.2 Å². The van der Waals surface area contributed by atoms with E-state index in [-0.39, 0.29) is 16.3 Å². The molecule has 4 fully saturated rings. The molecular formula is C31H32ClFN6O2. The van der Waals surface area contributed by atoms with E-state index >= 15 is 0 Å². The Hall–Kier alpha value is -3.27. The molecule has 0 radical (unpaired) electrons. The normalized spacial score (nSPS) is 23.5. The Morgan fingerprint density at radius 2 is 1.85 bits per heavy atom. The molecule has 0 spiro atoms. The average Bonchev–Trinajstić information content (AvgIpc) is 3.66. The number of pyridine rings is 1. The first-order valence-electron chi connectivity index (χ1n) is 14.6. The fraction of sp³-hybridized carbons (Fsp3) is 0.452. The lowest BCUT2D eigenvalue weighted by atomic mass is 9.95. The number of aromatic nitrogens is 3. The maximum absolute atomic E-state index is 14.5. The zero-order chi connectivity index (χ0) is 27.7. The fourth-order valence-corrected chi connectivity index (χ4v) is 7.93. The van der Waals surface area contributed by atoms with Crippen molar-refractivity contribution in [3.63, 3.8) is 0 Å². The highest BCUT2D eigenvalue weighted by molar-refractivity contribution is 6.37. The van der Waals surface area contributed by atoms with Gasteiger partial charge in [0.1, 0.15) is 23.7 Å². The van der Waals surface area contributed by atoms with Gasteiger partial charge in [-0.25, -0.2) is 4.39 Å². The molecule has 212 valence electrons. The molecule has 8 nitrogen and oxygen atoms in total. The van der Waals surface area contributed by atoms with Gasteiger partial charge < -0.3 is 20.1 Å². The third-order valence-corrected chi connectivity index (χ3v) is 9.97. The fourth-order valence-electron chi connectivity index (χ4n) is 7.65. The SMILES string of the molecule is Oc1cc(-c2cnc3c(N4CC5CCC(C4)N5)nc(OCC45CCCN4CCC5)nc3c2)c2c(Cl)c(F)ccc2c1. The lowest BCUT2D eigenvalue weighted by Crippen LogP contribution is -2.51. The zero-order valence-corrected chi connectivity index (χ0v) is 23.5. The van der Waals surface area contributed by atoms with E-state index in [1.165, 1.54) is 18.9 Å². The first-order valence-corrected chi connectivity index (χ1v) is 15.0. The summed E-state index contributed by atoms with van der Waals surface area (Å²) in [6.07, 6.45) is 8.73. The van der Waals surface area contributed by atoms with E-state index in [2.05, 4.69) is 15.1 Å². The van der Waals surface area contributed by atoms with Gasteiger partial charge in [-0.2, -0.15) is 9.97 Å². The van der Waals surface area contributed by atoms with E-state index in [4.69, 9.17) is 31.3 Å². The van der Waals surface area contributed by atoms with Crippen molar-refractivity contribution in [3.8, 4) is 22.9 Å². The van der Waals surface area contributed by atoms with Crippen molar-refractivity contribution >= 4 is 39.2 Å². The van der Waals surface area contributed by atoms with Crippen molar-refractivity contribution in [1.82, 2.24) is 25.2 Å². The van der Waals surface area contributed by atoms with Crippen LogP contribution < -0.4 is 15.0 Å². The van der Waals surface area contributed by atoms with Crippen molar-refractivity contribution in [2.75, 3.05) is 37.7 Å². The van der Waals surface area contributed by atoms with Gasteiger partial charge >= 0.3 is 6.01 Å². The summed E-state index contributed by atoms with van der Waals surface area (Å²) in [5, 5.41) is 15.4. The van der Waals surface area contributed by atoms with Gasteiger partial charge in [-0.15, -0.1) is 0 Å². The molecule has 4 aliphatic heterocycles. The second-order valence-corrected chi connectivity index (χ2v) is 12.5. The van der Waals surface area contributed by atoms with Gasteiger partial charge in [-0.1, -0.05) is 17.7 Å². The number of aromatic hydroxyl groups is 1. The number of benzene rings is 2. The van der Waals surface area contributed by atoms with E-state index in [9.17, 15) is 9.50 Å². The molecule has 6 heterocycles. The maximum atomic E-state index is 14.5. The van der Waals surface area contributed by atoms with Crippen LogP contribution in [0.2, 0.25) is 5.02 Å². The van der Waals surface area contributed by atoms with E-state index in [0.29, 0.717) is 57.6 Å². The second-order valence-electron chi connectivity index (χ2n) is 12.1. The minimum absolute atomic E-state index is 0.0122. The van der Waals surface area contributed by atoms with Gasteiger partial charge in [0.15, 0.2) is 5.82 Å². The second kappa shape index (κ2) is 9.64. The predicted octanol–water partition coefficient (Wildman–Crippen LogP) is 5.29. The maximum Gasteiger partial charge on any atom is 0.319 e. The molecule has 2 aromatic heterocycles. The van der Waals surface area contributed by atoms with Gasteiger partial charge in [0.25, 0.3) is 0 Å². The number of hydrogen-bond donors (Lipinski definition) is 2. The molecule has 2 N–H and O–H groups in total. The lowest BCUT2D eigenvalue weighted by molar-refractivity contribution is 0.108. The summed E-state index contributed by atoms with van der Waals surface area (Å²) < 4.78 is 21.0. The van der Waals surface area contributed by atoms with E-state index in [0.717, 1.165) is 57.7 Å². The highest BCUT2D eigenvalue weighted by atomic mass is 35.5. The number of ether oxygens (including phenoxy) is 1. The summed E-state index contributed by atoms with van der Waals surface area (Å²) in [4.78, 5) is 19.6. The van der Waals surface area contributed by atoms with Crippen molar-refractivity contribution in [2.45, 2.75) is 56.1 Å². The third-order valence-electron chi connectivity index (χ3n) is 9.60. The number of phenolic OH excluding ortho intramolecular Hbond substituents is 1. The summed E-state index contributed by atoms with van der Waals surface area (Å²) in [5.41, 5.74) is 2.69. The number of fused-ring (bicyclic) bond motifs is 5. The molecule has 2 bridgehead atoms. The van der Waals surface area contributed by atoms with Crippen LogP contribution in [0.25, 0.3) is 32.9 Å². The first kappa shape index (κ1) is 25.4. The minimum Gasteiger partial charge on any atom is -0.508 e. The zero-order valence-electron chi connectivity index (χ0n) is 22.7. The van der Waals surface area contributed by atoms with Gasteiger partial charge in [0, 0.05) is 42.3 Å². The smallest absolute Gasteiger partial charge is 0.319 e. The van der Waals surface area contributed by atoms with Gasteiger partial charge in [0.05, 0.1) is 16.1 Å². The Labute approximate surface area is 242 Å². The molecule has 8 rings (SSSR count). The van der Waals surface area contributed by atoms with Gasteiger partial charge in [-0.05, 0) is 86.8 Å². The molecule has 2 aromatic carbocycles. The Balaban J connectivity index is 1.24. The van der Waals surface area contributed by atoms with E-state index < -0.39 is 5.82 Å². The number of hydrogen-bond acceptors (Lipinski definition) is 8. The Bertz CT molecular complexity index is 1660. The monoisotopic (exact) mass is 574 g/mol. The van der Waals surface area contributed by atoms with Crippen LogP contribution >= 0.6 is 11.6 Å². The van der Waals surface area contributed by atoms with Crippen LogP contribution in [0, 0.1) is 5.82 Å². The number of rotatable bonds is 5. The molecule has 0 amide bonds. The van der Waals surface area contributed by atoms with Gasteiger partial charge in [0.2, 0.25) is 0 Å². The highest BCUT2D eigenvalue weighted by Gasteiger charge is 2.45. The van der Waals surface area contributed by atoms with Crippen LogP contribution in [0.1, 0.15) is 38.5 Å². The van der Waals surface area contributed by atoms with Crippen LogP contribution in [-0.2, 0) is 0 Å². The topological polar surface area (TPSA) is 86.6 Å². The predicted molar refractivity (Wildman–Crippen MR) is 157 cm³/mol. The molecule has 0 saturated carbocycles. The highest BCUT2D eigenvalue weighted by Crippen LogP contribution is 2.41. The molecule has 4 aromatic rings. The summed E-state index contributed by atoms with van der Waals surface area (Å²) in [7, 11) is 0. The third kappa shape index (κ3) is 4.28. The molecule has 4 aliphatic rings. The van der Waals surface area contributed by atoms with Crippen LogP contribution in [0.15, 0.2) is 36.5 Å². The number of anilines is 1. The standard InChI is InChI=1S/C31H32ClFN6O2/c32-27-24(33)6-3-18-11-22(40)13-23(26(18)27)19-12-25-28(34-14-19)29(38-15-20-4-5-21(16-38)35-20)37-30(36-25)41-17-31-7-1-9-39(31)10-2-8-31/h3,6,11-14,20-21,35,40H,1-2,4-5,7-10,15-17H2. The minimum atomic E-state index is -0.513. The van der Waals surface area contributed by atoms with Crippen LogP contribution in [0.4, 0.5) is 10.2 Å². The Morgan fingerprint density at radius 1 is 1.07 bits per heavy atom. The number of phenols is 1. The summed E-state index contributed by atoms with van der Waals surface area (Å²) in [6.45, 7) is 4.55. The van der Waals surface area contributed by atoms with Crippen molar-refractivity contribution in [1.29, 1.82) is 0 Å². The molecule has 2 atom stereocenters. The number of piperazine rings is 1. The Kier molecular flexibility index (Phi) is 5.98. The quantitative estimate of drug-likeness (QED) is 0.332. The average molecular weight is 575 g/mol. The van der Waals surface area contributed by atoms with Crippen LogP contribution in [0.5, 0.6) is 11.8 Å². The van der Waals surface area contributed by atoms with Crippen molar-refractivity contribution in [2.24, 2.45) is 0 Å². The molecule has 41 heavy (non-hydrogen) atoms. The molecule has 2 unspecified atom stereocenters. The van der Waals surface area contributed by atoms with E-state index in [1.54, 1.807) is 24.4 Å². The van der Waals surface area contributed by atoms with Crippen LogP contribution in [-0.4, -0.2) is 75.4 Å². The number of halogens is 2. The number of nitrogens with zero attached hydrogens (tertiary/aromatic N) is 5. The molecule has 0 aliphatic carbocycles. The van der Waals surface area contributed by atoms with Crippen molar-refractivity contribution in [3.05, 3.63) is 47.4 Å². The number of nitrogens with one attached hydrogen (secondary N) is 1. The first-order chi connectivity index (χ1) is 20.0. The molecule has 10 heteroatoms. The lowest BCUT2D eigenvalue weighted by Gasteiger charge is -2.34. The molecule has 4 saturated heterocycles. The summed E-state index contributed by atoms with van der Waals surface area (Å²) >= 11 is 6.44. The Morgan fingerprint density at radius 3 is 2.63 bits per heavy atom. The van der Waals surface area contributed by atoms with Gasteiger partial charge in [-0.3, -0.25) is 9.88 Å².